The van der Waals surface area contributed by atoms with E-state index < -0.39 is 17.6 Å². The molecule has 4 unspecified atom stereocenters. The van der Waals surface area contributed by atoms with Crippen molar-refractivity contribution in [2.24, 2.45) is 0 Å². The van der Waals surface area contributed by atoms with Gasteiger partial charge in [-0.3, -0.25) is 0 Å². The highest BCUT2D eigenvalue weighted by Gasteiger charge is 2.50. The molecule has 0 aliphatic heterocycles. The molecule has 4 atom stereocenters. The van der Waals surface area contributed by atoms with Gasteiger partial charge in [0.15, 0.2) is 0 Å². The van der Waals surface area contributed by atoms with Crippen LogP contribution in [0.1, 0.15) is 35.7 Å². The minimum absolute atomic E-state index is 0.0124. The van der Waals surface area contributed by atoms with Crippen LogP contribution in [0.25, 0.3) is 20.4 Å². The number of benzene rings is 2. The molecule has 0 fully saturated rings. The first-order valence-corrected chi connectivity index (χ1v) is 22.8. The van der Waals surface area contributed by atoms with Crippen LogP contribution in [0, 0.1) is 0 Å². The molecule has 0 N–H and O–H groups in total. The summed E-state index contributed by atoms with van der Waals surface area (Å²) in [5.41, 5.74) is 2.05. The van der Waals surface area contributed by atoms with E-state index in [-0.39, 0.29) is 22.9 Å². The van der Waals surface area contributed by atoms with Crippen molar-refractivity contribution in [2.45, 2.75) is 36.8 Å². The van der Waals surface area contributed by atoms with Crippen LogP contribution in [-0.2, 0) is 26.6 Å². The molecule has 2 aromatic heterocycles. The van der Waals surface area contributed by atoms with Crippen molar-refractivity contribution in [3.05, 3.63) is 58.5 Å². The van der Waals surface area contributed by atoms with Gasteiger partial charge in [-0.1, -0.05) is 59.7 Å². The quantitative estimate of drug-likeness (QED) is 0.0566. The van der Waals surface area contributed by atoms with E-state index in [0.717, 1.165) is 32.6 Å². The second kappa shape index (κ2) is 16.3. The lowest BCUT2D eigenvalue weighted by Crippen LogP contribution is -2.49. The molecule has 4 rings (SSSR count). The minimum atomic E-state index is -2.92. The summed E-state index contributed by atoms with van der Waals surface area (Å²) in [7, 11) is 9.66. The molecule has 0 radical (unpaired) electrons. The molecule has 0 saturated heterocycles. The zero-order chi connectivity index (χ0) is 31.0. The maximum Gasteiger partial charge on any atom is 0.503 e. The van der Waals surface area contributed by atoms with Gasteiger partial charge in [0.2, 0.25) is 0 Å². The van der Waals surface area contributed by atoms with Gasteiger partial charge in [-0.2, -0.15) is 0 Å². The molecule has 43 heavy (non-hydrogen) atoms. The summed E-state index contributed by atoms with van der Waals surface area (Å²) < 4.78 is 37.8. The lowest BCUT2D eigenvalue weighted by molar-refractivity contribution is 0.109. The van der Waals surface area contributed by atoms with Crippen LogP contribution in [-0.4, -0.2) is 81.7 Å². The summed E-state index contributed by atoms with van der Waals surface area (Å²) >= 11 is 3.47. The van der Waals surface area contributed by atoms with Crippen LogP contribution in [0.2, 0.25) is 11.1 Å². The Bertz CT molecular complexity index is 1250. The van der Waals surface area contributed by atoms with Gasteiger partial charge in [-0.15, -0.1) is 22.7 Å². The first-order chi connectivity index (χ1) is 20.8. The lowest BCUT2D eigenvalue weighted by Gasteiger charge is -2.34. The predicted molar refractivity (Wildman–Crippen MR) is 190 cm³/mol. The van der Waals surface area contributed by atoms with Crippen molar-refractivity contribution >= 4 is 92.1 Å². The fourth-order valence-electron chi connectivity index (χ4n) is 5.30. The molecule has 15 heteroatoms. The number of nitrogens with zero attached hydrogens (tertiary/aromatic N) is 2. The Balaban J connectivity index is 1.51. The highest BCUT2D eigenvalue weighted by atomic mass is 33.5. The van der Waals surface area contributed by atoms with Crippen LogP contribution in [0.3, 0.4) is 0 Å². The van der Waals surface area contributed by atoms with E-state index in [0.29, 0.717) is 0 Å². The van der Waals surface area contributed by atoms with Crippen LogP contribution in [0.4, 0.5) is 0 Å². The molecule has 236 valence electrons. The summed E-state index contributed by atoms with van der Waals surface area (Å²) in [6, 6.07) is 16.5. The van der Waals surface area contributed by atoms with Gasteiger partial charge < -0.3 is 26.6 Å². The Hall–Kier alpha value is -0.536. The zero-order valence-electron chi connectivity index (χ0n) is 25.7. The van der Waals surface area contributed by atoms with Crippen molar-refractivity contribution in [2.75, 3.05) is 54.2 Å². The van der Waals surface area contributed by atoms with Crippen molar-refractivity contribution in [3.8, 4) is 0 Å². The monoisotopic (exact) mass is 716 g/mol. The first-order valence-electron chi connectivity index (χ1n) is 13.7. The Morgan fingerprint density at radius 3 is 1.28 bits per heavy atom. The van der Waals surface area contributed by atoms with Gasteiger partial charge in [0.05, 0.1) is 30.4 Å². The minimum Gasteiger partial charge on any atom is -0.377 e. The van der Waals surface area contributed by atoms with Gasteiger partial charge in [0.1, 0.15) is 0 Å². The number of hydrogen-bond donors (Lipinski definition) is 0. The molecule has 0 aliphatic rings. The van der Waals surface area contributed by atoms with Crippen molar-refractivity contribution in [1.29, 1.82) is 0 Å². The average molecular weight is 717 g/mol. The highest BCUT2D eigenvalue weighted by Crippen LogP contribution is 2.49. The van der Waals surface area contributed by atoms with E-state index in [9.17, 15) is 0 Å². The van der Waals surface area contributed by atoms with E-state index >= 15 is 0 Å². The largest absolute Gasteiger partial charge is 0.503 e. The van der Waals surface area contributed by atoms with Crippen LogP contribution >= 0.6 is 54.1 Å². The van der Waals surface area contributed by atoms with Crippen LogP contribution in [0.5, 0.6) is 0 Å². The van der Waals surface area contributed by atoms with Crippen molar-refractivity contribution in [1.82, 2.24) is 9.97 Å². The molecule has 2 aromatic carbocycles. The number of fused-ring (bicyclic) bond motifs is 2. The van der Waals surface area contributed by atoms with Gasteiger partial charge >= 0.3 is 17.6 Å². The number of rotatable bonds is 18. The third kappa shape index (κ3) is 7.72. The van der Waals surface area contributed by atoms with E-state index in [4.69, 9.17) is 36.5 Å². The van der Waals surface area contributed by atoms with Gasteiger partial charge in [0, 0.05) is 77.1 Å². The molecule has 8 nitrogen and oxygen atoms in total. The Morgan fingerprint density at radius 1 is 0.605 bits per heavy atom. The number of thiazole rings is 2. The normalized spacial score (nSPS) is 15.6. The van der Waals surface area contributed by atoms with E-state index in [2.05, 4.69) is 50.2 Å². The number of hydrogen-bond acceptors (Lipinski definition) is 13. The Morgan fingerprint density at radius 2 is 0.953 bits per heavy atom. The standard InChI is InChI=1S/C28H40N2O6S5Si2/c1-19(42(31-3,32-4)33-5)21(27-29-23-13-9-11-15-25(23)39-27)17-37-41-38-18-22(20(2)43(34-6,35-7)36-8)28-30-24-14-10-12-16-26(24)40-28/h9-16,19-22H,17-18H2,1-8H3. The van der Waals surface area contributed by atoms with Gasteiger partial charge in [0.25, 0.3) is 0 Å². The molecular formula is C28H40N2O6S5Si2. The summed E-state index contributed by atoms with van der Waals surface area (Å²) in [4.78, 5) is 10.0. The lowest BCUT2D eigenvalue weighted by atomic mass is 10.1. The maximum absolute atomic E-state index is 5.91. The zero-order valence-corrected chi connectivity index (χ0v) is 31.8. The topological polar surface area (TPSA) is 81.2 Å². The molecular weight excluding hydrogens is 677 g/mol. The molecule has 0 bridgehead atoms. The molecule has 0 saturated carbocycles. The van der Waals surface area contributed by atoms with E-state index in [1.807, 2.05) is 33.7 Å². The molecule has 4 aromatic rings. The summed E-state index contributed by atoms with van der Waals surface area (Å²) in [6.45, 7) is 4.32. The van der Waals surface area contributed by atoms with Gasteiger partial charge in [-0.05, 0) is 34.1 Å². The third-order valence-electron chi connectivity index (χ3n) is 7.88. The van der Waals surface area contributed by atoms with Gasteiger partial charge in [-0.25, -0.2) is 9.97 Å². The molecule has 0 aliphatic carbocycles. The smallest absolute Gasteiger partial charge is 0.377 e. The van der Waals surface area contributed by atoms with E-state index in [1.54, 1.807) is 75.2 Å². The molecule has 0 spiro atoms. The SMILES string of the molecule is CO[Si](OC)(OC)C(C)C(CSSSCC(c1nc2ccccc2s1)C(C)[Si](OC)(OC)OC)c1nc2ccccc2s1. The van der Waals surface area contributed by atoms with Crippen LogP contribution in [0.15, 0.2) is 48.5 Å². The van der Waals surface area contributed by atoms with E-state index in [1.165, 1.54) is 9.40 Å². The summed E-state index contributed by atoms with van der Waals surface area (Å²) in [5, 5.41) is 2.15. The number of para-hydroxylation sites is 2. The fraction of sp³-hybridized carbons (Fsp3) is 0.500. The van der Waals surface area contributed by atoms with Crippen molar-refractivity contribution in [3.63, 3.8) is 0 Å². The third-order valence-corrected chi connectivity index (χ3v) is 21.0. The second-order valence-electron chi connectivity index (χ2n) is 9.90. The number of aromatic nitrogens is 2. The fourth-order valence-corrected chi connectivity index (χ4v) is 17.6. The molecule has 0 amide bonds. The highest BCUT2D eigenvalue weighted by molar-refractivity contribution is 9.09. The second-order valence-corrected chi connectivity index (χ2v) is 23.0. The predicted octanol–water partition coefficient (Wildman–Crippen LogP) is 8.34. The molecule has 2 heterocycles. The summed E-state index contributed by atoms with van der Waals surface area (Å²) in [5.74, 6) is 1.85. The maximum atomic E-state index is 5.91. The summed E-state index contributed by atoms with van der Waals surface area (Å²) in [6.07, 6.45) is 0. The average Bonchev–Trinajstić information content (AvgIpc) is 3.67. The van der Waals surface area contributed by atoms with Crippen molar-refractivity contribution < 1.29 is 26.6 Å². The Labute approximate surface area is 276 Å². The first kappa shape index (κ1) is 35.3. The Kier molecular flexibility index (Phi) is 13.4. The van der Waals surface area contributed by atoms with Crippen LogP contribution < -0.4 is 0 Å².